The minimum atomic E-state index is 0.0295. The topological polar surface area (TPSA) is 43.1 Å². The molecule has 0 aliphatic heterocycles. The molecule has 0 aromatic heterocycles. The van der Waals surface area contributed by atoms with Crippen LogP contribution in [0.1, 0.15) is 32.6 Å². The van der Waals surface area contributed by atoms with Gasteiger partial charge in [0.2, 0.25) is 0 Å². The molecule has 0 saturated heterocycles. The molecular weight excluding hydrogens is 150 g/mol. The lowest BCUT2D eigenvalue weighted by molar-refractivity contribution is -0.119. The van der Waals surface area contributed by atoms with Gasteiger partial charge in [0, 0.05) is 5.92 Å². The summed E-state index contributed by atoms with van der Waals surface area (Å²) in [5, 5.41) is 0. The number of rotatable bonds is 4. The van der Waals surface area contributed by atoms with Crippen LogP contribution in [0.2, 0.25) is 0 Å². The number of ketones is 1. The molecule has 2 N–H and O–H groups in total. The Hall–Kier alpha value is -0.790. The van der Waals surface area contributed by atoms with Gasteiger partial charge < -0.3 is 5.73 Å². The van der Waals surface area contributed by atoms with E-state index in [1.165, 1.54) is 19.3 Å². The van der Waals surface area contributed by atoms with Crippen LogP contribution in [-0.2, 0) is 4.79 Å². The van der Waals surface area contributed by atoms with Crippen molar-refractivity contribution in [2.45, 2.75) is 32.6 Å². The molecule has 1 aliphatic rings. The molecule has 12 heavy (non-hydrogen) atoms. The largest absolute Gasteiger partial charge is 0.396 e. The highest BCUT2D eigenvalue weighted by atomic mass is 16.1. The Morgan fingerprint density at radius 2 is 2.25 bits per heavy atom. The molecule has 0 heterocycles. The minimum absolute atomic E-state index is 0.0295. The molecule has 1 saturated carbocycles. The first kappa shape index (κ1) is 9.30. The van der Waals surface area contributed by atoms with Crippen LogP contribution in [0.25, 0.3) is 0 Å². The van der Waals surface area contributed by atoms with Crippen LogP contribution in [0.3, 0.4) is 0 Å². The van der Waals surface area contributed by atoms with E-state index in [-0.39, 0.29) is 17.4 Å². The molecule has 0 radical (unpaired) electrons. The summed E-state index contributed by atoms with van der Waals surface area (Å²) >= 11 is 0. The second-order valence-corrected chi connectivity index (χ2v) is 3.82. The molecule has 2 nitrogen and oxygen atoms in total. The summed E-state index contributed by atoms with van der Waals surface area (Å²) in [6, 6.07) is 0. The Morgan fingerprint density at radius 1 is 1.67 bits per heavy atom. The van der Waals surface area contributed by atoms with E-state index in [1.807, 2.05) is 6.92 Å². The molecular formula is C10H17NO. The van der Waals surface area contributed by atoms with E-state index in [0.717, 1.165) is 12.3 Å². The molecule has 0 bridgehead atoms. The van der Waals surface area contributed by atoms with E-state index in [1.54, 1.807) is 0 Å². The number of allylic oxidation sites excluding steroid dienone is 1. The number of hydrogen-bond donors (Lipinski definition) is 1. The van der Waals surface area contributed by atoms with E-state index in [9.17, 15) is 4.79 Å². The standard InChI is InChI=1S/C10H17NO/c1-7(10(12)8(2)11)6-9-4-3-5-9/h7,9H,2-6,11H2,1H3. The van der Waals surface area contributed by atoms with Crippen molar-refractivity contribution in [3.63, 3.8) is 0 Å². The summed E-state index contributed by atoms with van der Waals surface area (Å²) in [6.45, 7) is 5.40. The van der Waals surface area contributed by atoms with Crippen LogP contribution in [0.15, 0.2) is 12.3 Å². The van der Waals surface area contributed by atoms with Gasteiger partial charge >= 0.3 is 0 Å². The summed E-state index contributed by atoms with van der Waals surface area (Å²) in [5.41, 5.74) is 5.54. The van der Waals surface area contributed by atoms with Gasteiger partial charge in [0.15, 0.2) is 5.78 Å². The monoisotopic (exact) mass is 167 g/mol. The number of carbonyl (C=O) groups is 1. The fraction of sp³-hybridized carbons (Fsp3) is 0.700. The summed E-state index contributed by atoms with van der Waals surface area (Å²) in [4.78, 5) is 11.3. The number of Topliss-reactive ketones (excluding diaryl/α,β-unsaturated/α-hetero) is 1. The van der Waals surface area contributed by atoms with Crippen molar-refractivity contribution < 1.29 is 4.79 Å². The lowest BCUT2D eigenvalue weighted by Crippen LogP contribution is -2.23. The summed E-state index contributed by atoms with van der Waals surface area (Å²) in [6.07, 6.45) is 4.90. The van der Waals surface area contributed by atoms with Gasteiger partial charge in [-0.2, -0.15) is 0 Å². The maximum absolute atomic E-state index is 11.3. The molecule has 1 rings (SSSR count). The van der Waals surface area contributed by atoms with Crippen LogP contribution >= 0.6 is 0 Å². The molecule has 0 aromatic carbocycles. The van der Waals surface area contributed by atoms with Gasteiger partial charge in [-0.1, -0.05) is 32.8 Å². The lowest BCUT2D eigenvalue weighted by atomic mass is 9.78. The normalized spacial score (nSPS) is 19.8. The van der Waals surface area contributed by atoms with Gasteiger partial charge in [-0.25, -0.2) is 0 Å². The predicted molar refractivity (Wildman–Crippen MR) is 49.5 cm³/mol. The maximum Gasteiger partial charge on any atom is 0.180 e. The van der Waals surface area contributed by atoms with Crippen LogP contribution in [-0.4, -0.2) is 5.78 Å². The fourth-order valence-electron chi connectivity index (χ4n) is 1.65. The number of nitrogens with two attached hydrogens (primary N) is 1. The molecule has 0 aromatic rings. The second-order valence-electron chi connectivity index (χ2n) is 3.82. The van der Waals surface area contributed by atoms with Crippen molar-refractivity contribution >= 4 is 5.78 Å². The molecule has 0 amide bonds. The third kappa shape index (κ3) is 2.10. The first-order chi connectivity index (χ1) is 5.61. The Labute approximate surface area is 73.8 Å². The van der Waals surface area contributed by atoms with Gasteiger partial charge in [-0.3, -0.25) is 4.79 Å². The van der Waals surface area contributed by atoms with Gasteiger partial charge in [0.25, 0.3) is 0 Å². The first-order valence-corrected chi connectivity index (χ1v) is 4.60. The molecule has 1 atom stereocenters. The van der Waals surface area contributed by atoms with Crippen LogP contribution in [0, 0.1) is 11.8 Å². The van der Waals surface area contributed by atoms with Crippen molar-refractivity contribution in [3.8, 4) is 0 Å². The molecule has 1 aliphatic carbocycles. The Balaban J connectivity index is 2.31. The first-order valence-electron chi connectivity index (χ1n) is 4.60. The van der Waals surface area contributed by atoms with Gasteiger partial charge in [0.1, 0.15) is 0 Å². The van der Waals surface area contributed by atoms with E-state index >= 15 is 0 Å². The molecule has 2 heteroatoms. The van der Waals surface area contributed by atoms with Crippen molar-refractivity contribution in [3.05, 3.63) is 12.3 Å². The van der Waals surface area contributed by atoms with E-state index in [2.05, 4.69) is 6.58 Å². The average Bonchev–Trinajstić information content (AvgIpc) is 1.94. The highest BCUT2D eigenvalue weighted by Crippen LogP contribution is 2.32. The van der Waals surface area contributed by atoms with Crippen molar-refractivity contribution in [2.24, 2.45) is 17.6 Å². The van der Waals surface area contributed by atoms with Crippen LogP contribution in [0.5, 0.6) is 0 Å². The summed E-state index contributed by atoms with van der Waals surface area (Å²) in [7, 11) is 0. The zero-order valence-corrected chi connectivity index (χ0v) is 7.68. The van der Waals surface area contributed by atoms with Gasteiger partial charge in [0.05, 0.1) is 5.70 Å². The molecule has 1 unspecified atom stereocenters. The number of hydrogen-bond acceptors (Lipinski definition) is 2. The van der Waals surface area contributed by atoms with E-state index < -0.39 is 0 Å². The predicted octanol–water partition coefficient (Wildman–Crippen LogP) is 1.85. The Bertz CT molecular complexity index is 194. The molecule has 1 fully saturated rings. The summed E-state index contributed by atoms with van der Waals surface area (Å²) < 4.78 is 0. The highest BCUT2D eigenvalue weighted by molar-refractivity contribution is 5.95. The van der Waals surface area contributed by atoms with Crippen LogP contribution < -0.4 is 5.73 Å². The van der Waals surface area contributed by atoms with Crippen LogP contribution in [0.4, 0.5) is 0 Å². The Morgan fingerprint density at radius 3 is 2.58 bits per heavy atom. The maximum atomic E-state index is 11.3. The van der Waals surface area contributed by atoms with Crippen molar-refractivity contribution in [1.29, 1.82) is 0 Å². The SMILES string of the molecule is C=C(N)C(=O)C(C)CC1CCC1. The van der Waals surface area contributed by atoms with Crippen molar-refractivity contribution in [2.75, 3.05) is 0 Å². The van der Waals surface area contributed by atoms with E-state index in [0.29, 0.717) is 0 Å². The average molecular weight is 167 g/mol. The Kier molecular flexibility index (Phi) is 2.90. The summed E-state index contributed by atoms with van der Waals surface area (Å²) in [5.74, 6) is 0.873. The minimum Gasteiger partial charge on any atom is -0.396 e. The number of carbonyl (C=O) groups excluding carboxylic acids is 1. The third-order valence-corrected chi connectivity index (χ3v) is 2.68. The third-order valence-electron chi connectivity index (χ3n) is 2.68. The molecule has 68 valence electrons. The van der Waals surface area contributed by atoms with Gasteiger partial charge in [-0.15, -0.1) is 0 Å². The van der Waals surface area contributed by atoms with Gasteiger partial charge in [-0.05, 0) is 12.3 Å². The highest BCUT2D eigenvalue weighted by Gasteiger charge is 2.23. The fourth-order valence-corrected chi connectivity index (χ4v) is 1.65. The molecule has 0 spiro atoms. The lowest BCUT2D eigenvalue weighted by Gasteiger charge is -2.27. The zero-order valence-electron chi connectivity index (χ0n) is 7.68. The smallest absolute Gasteiger partial charge is 0.180 e. The second kappa shape index (κ2) is 3.74. The van der Waals surface area contributed by atoms with E-state index in [4.69, 9.17) is 5.73 Å². The quantitative estimate of drug-likeness (QED) is 0.649. The van der Waals surface area contributed by atoms with Crippen molar-refractivity contribution in [1.82, 2.24) is 0 Å². The zero-order chi connectivity index (χ0) is 9.14.